The molecule has 20 heavy (non-hydrogen) atoms. The van der Waals surface area contributed by atoms with Gasteiger partial charge in [-0.05, 0) is 42.5 Å². The average molecular weight is 268 g/mol. The molecule has 1 aromatic carbocycles. The molecule has 0 saturated carbocycles. The summed E-state index contributed by atoms with van der Waals surface area (Å²) in [4.78, 5) is 4.22. The zero-order valence-electron chi connectivity index (χ0n) is 12.4. The molecule has 0 aliphatic heterocycles. The van der Waals surface area contributed by atoms with E-state index in [1.165, 1.54) is 11.1 Å². The third-order valence-electron chi connectivity index (χ3n) is 3.76. The van der Waals surface area contributed by atoms with E-state index < -0.39 is 0 Å². The fraction of sp³-hybridized carbons (Fsp3) is 0.389. The van der Waals surface area contributed by atoms with Gasteiger partial charge in [0.2, 0.25) is 0 Å². The molecule has 0 radical (unpaired) electrons. The van der Waals surface area contributed by atoms with Crippen molar-refractivity contribution in [3.8, 4) is 0 Å². The highest BCUT2D eigenvalue weighted by molar-refractivity contribution is 5.22. The molecule has 0 saturated heterocycles. The molecule has 0 amide bonds. The van der Waals surface area contributed by atoms with Crippen molar-refractivity contribution in [3.63, 3.8) is 0 Å². The molecule has 2 heteroatoms. The van der Waals surface area contributed by atoms with E-state index in [0.717, 1.165) is 19.4 Å². The highest BCUT2D eigenvalue weighted by atomic mass is 14.9. The molecule has 0 aliphatic carbocycles. The van der Waals surface area contributed by atoms with Crippen LogP contribution in [0, 0.1) is 0 Å². The monoisotopic (exact) mass is 268 g/mol. The molecule has 0 aliphatic rings. The van der Waals surface area contributed by atoms with Crippen molar-refractivity contribution >= 4 is 0 Å². The van der Waals surface area contributed by atoms with Crippen LogP contribution in [0.3, 0.4) is 0 Å². The Hall–Kier alpha value is -1.67. The summed E-state index contributed by atoms with van der Waals surface area (Å²) in [6, 6.07) is 15.4. The van der Waals surface area contributed by atoms with Gasteiger partial charge in [0.1, 0.15) is 0 Å². The Bertz CT molecular complexity index is 481. The van der Waals surface area contributed by atoms with Crippen molar-refractivity contribution in [2.75, 3.05) is 6.54 Å². The van der Waals surface area contributed by atoms with E-state index >= 15 is 0 Å². The van der Waals surface area contributed by atoms with E-state index in [0.29, 0.717) is 12.0 Å². The maximum Gasteiger partial charge on any atom is 0.0300 e. The summed E-state index contributed by atoms with van der Waals surface area (Å²) in [7, 11) is 0. The molecule has 2 aromatic rings. The van der Waals surface area contributed by atoms with Gasteiger partial charge in [0.25, 0.3) is 0 Å². The number of hydrogen-bond acceptors (Lipinski definition) is 2. The van der Waals surface area contributed by atoms with Crippen LogP contribution < -0.4 is 5.32 Å². The first-order valence-corrected chi connectivity index (χ1v) is 7.48. The molecule has 0 spiro atoms. The fourth-order valence-electron chi connectivity index (χ4n) is 2.52. The fourth-order valence-corrected chi connectivity index (χ4v) is 2.52. The van der Waals surface area contributed by atoms with Gasteiger partial charge in [-0.1, -0.05) is 50.2 Å². The molecular weight excluding hydrogens is 244 g/mol. The Labute approximate surface area is 122 Å². The van der Waals surface area contributed by atoms with Gasteiger partial charge in [0.05, 0.1) is 0 Å². The molecule has 2 nitrogen and oxygen atoms in total. The SMILES string of the molecule is CCCNC(Cc1cccnc1)C(C)c1ccccc1. The molecule has 1 aromatic heterocycles. The van der Waals surface area contributed by atoms with Gasteiger partial charge in [0.15, 0.2) is 0 Å². The summed E-state index contributed by atoms with van der Waals surface area (Å²) >= 11 is 0. The predicted octanol–water partition coefficient (Wildman–Crippen LogP) is 3.80. The van der Waals surface area contributed by atoms with Crippen LogP contribution in [-0.2, 0) is 6.42 Å². The minimum absolute atomic E-state index is 0.446. The zero-order valence-corrected chi connectivity index (χ0v) is 12.4. The van der Waals surface area contributed by atoms with E-state index in [9.17, 15) is 0 Å². The summed E-state index contributed by atoms with van der Waals surface area (Å²) < 4.78 is 0. The molecule has 2 rings (SSSR count). The van der Waals surface area contributed by atoms with Crippen molar-refractivity contribution in [2.45, 2.75) is 38.6 Å². The Morgan fingerprint density at radius 3 is 2.55 bits per heavy atom. The minimum Gasteiger partial charge on any atom is -0.313 e. The lowest BCUT2D eigenvalue weighted by Crippen LogP contribution is -2.36. The normalized spacial score (nSPS) is 13.9. The molecule has 0 bridgehead atoms. The highest BCUT2D eigenvalue weighted by Gasteiger charge is 2.18. The maximum absolute atomic E-state index is 4.22. The lowest BCUT2D eigenvalue weighted by atomic mass is 9.89. The van der Waals surface area contributed by atoms with Crippen LogP contribution in [-0.4, -0.2) is 17.6 Å². The van der Waals surface area contributed by atoms with Gasteiger partial charge in [-0.3, -0.25) is 4.98 Å². The van der Waals surface area contributed by atoms with Crippen LogP contribution in [0.1, 0.15) is 37.3 Å². The second-order valence-corrected chi connectivity index (χ2v) is 5.33. The first-order valence-electron chi connectivity index (χ1n) is 7.48. The molecule has 1 N–H and O–H groups in total. The van der Waals surface area contributed by atoms with Gasteiger partial charge in [-0.2, -0.15) is 0 Å². The first-order chi connectivity index (χ1) is 9.81. The van der Waals surface area contributed by atoms with Gasteiger partial charge >= 0.3 is 0 Å². The molecule has 2 atom stereocenters. The number of benzene rings is 1. The Morgan fingerprint density at radius 2 is 1.90 bits per heavy atom. The van der Waals surface area contributed by atoms with Gasteiger partial charge < -0.3 is 5.32 Å². The van der Waals surface area contributed by atoms with Crippen molar-refractivity contribution < 1.29 is 0 Å². The molecule has 1 heterocycles. The quantitative estimate of drug-likeness (QED) is 0.826. The second-order valence-electron chi connectivity index (χ2n) is 5.33. The lowest BCUT2D eigenvalue weighted by molar-refractivity contribution is 0.446. The van der Waals surface area contributed by atoms with E-state index in [-0.39, 0.29) is 0 Å². The smallest absolute Gasteiger partial charge is 0.0300 e. The summed E-state index contributed by atoms with van der Waals surface area (Å²) in [5.74, 6) is 0.489. The van der Waals surface area contributed by atoms with Crippen LogP contribution >= 0.6 is 0 Å². The van der Waals surface area contributed by atoms with Gasteiger partial charge in [-0.25, -0.2) is 0 Å². The Balaban J connectivity index is 2.10. The van der Waals surface area contributed by atoms with E-state index in [1.807, 2.05) is 18.5 Å². The number of nitrogens with zero attached hydrogens (tertiary/aromatic N) is 1. The number of hydrogen-bond donors (Lipinski definition) is 1. The topological polar surface area (TPSA) is 24.9 Å². The van der Waals surface area contributed by atoms with E-state index in [4.69, 9.17) is 0 Å². The van der Waals surface area contributed by atoms with Crippen molar-refractivity contribution in [3.05, 3.63) is 66.0 Å². The van der Waals surface area contributed by atoms with Crippen LogP contribution in [0.5, 0.6) is 0 Å². The number of rotatable bonds is 7. The molecule has 0 fully saturated rings. The minimum atomic E-state index is 0.446. The first kappa shape index (κ1) is 14.7. The van der Waals surface area contributed by atoms with Crippen LogP contribution in [0.25, 0.3) is 0 Å². The second kappa shape index (κ2) is 7.81. The summed E-state index contributed by atoms with van der Waals surface area (Å²) in [5.41, 5.74) is 2.69. The Kier molecular flexibility index (Phi) is 5.75. The van der Waals surface area contributed by atoms with Crippen LogP contribution in [0.15, 0.2) is 54.9 Å². The van der Waals surface area contributed by atoms with Crippen molar-refractivity contribution in [1.82, 2.24) is 10.3 Å². The third kappa shape index (κ3) is 4.17. The summed E-state index contributed by atoms with van der Waals surface area (Å²) in [5, 5.41) is 3.69. The van der Waals surface area contributed by atoms with Crippen molar-refractivity contribution in [2.24, 2.45) is 0 Å². The average Bonchev–Trinajstić information content (AvgIpc) is 2.52. The van der Waals surface area contributed by atoms with Crippen molar-refractivity contribution in [1.29, 1.82) is 0 Å². The maximum atomic E-state index is 4.22. The summed E-state index contributed by atoms with van der Waals surface area (Å²) in [6.07, 6.45) is 5.98. The van der Waals surface area contributed by atoms with Gasteiger partial charge in [0, 0.05) is 18.4 Å². The van der Waals surface area contributed by atoms with Crippen LogP contribution in [0.2, 0.25) is 0 Å². The standard InChI is InChI=1S/C18H24N2/c1-3-11-20-18(13-16-8-7-12-19-14-16)15(2)17-9-5-4-6-10-17/h4-10,12,14-15,18,20H,3,11,13H2,1-2H3. The Morgan fingerprint density at radius 1 is 1.10 bits per heavy atom. The van der Waals surface area contributed by atoms with E-state index in [1.54, 1.807) is 0 Å². The number of aromatic nitrogens is 1. The number of nitrogens with one attached hydrogen (secondary N) is 1. The summed E-state index contributed by atoms with van der Waals surface area (Å²) in [6.45, 7) is 5.57. The molecular formula is C18H24N2. The largest absolute Gasteiger partial charge is 0.313 e. The molecule has 106 valence electrons. The van der Waals surface area contributed by atoms with Gasteiger partial charge in [-0.15, -0.1) is 0 Å². The number of pyridine rings is 1. The zero-order chi connectivity index (χ0) is 14.2. The van der Waals surface area contributed by atoms with Crippen LogP contribution in [0.4, 0.5) is 0 Å². The lowest BCUT2D eigenvalue weighted by Gasteiger charge is -2.26. The van der Waals surface area contributed by atoms with E-state index in [2.05, 4.69) is 60.5 Å². The molecule has 2 unspecified atom stereocenters. The highest BCUT2D eigenvalue weighted by Crippen LogP contribution is 2.21. The predicted molar refractivity (Wildman–Crippen MR) is 84.9 cm³/mol. The third-order valence-corrected chi connectivity index (χ3v) is 3.76.